The van der Waals surface area contributed by atoms with Crippen LogP contribution in [-0.2, 0) is 6.42 Å². The monoisotopic (exact) mass is 216 g/mol. The first-order chi connectivity index (χ1) is 6.29. The summed E-state index contributed by atoms with van der Waals surface area (Å²) in [5.74, 6) is 1.49. The Balaban J connectivity index is 2.26. The Hall–Kier alpha value is -0.400. The molecule has 1 unspecified atom stereocenters. The molecule has 1 aliphatic rings. The summed E-state index contributed by atoms with van der Waals surface area (Å²) < 4.78 is 5.65. The van der Waals surface area contributed by atoms with Crippen LogP contribution in [0.1, 0.15) is 12.0 Å². The Labute approximate surface area is 87.6 Å². The van der Waals surface area contributed by atoms with Crippen molar-refractivity contribution in [2.24, 2.45) is 0 Å². The van der Waals surface area contributed by atoms with Crippen LogP contribution in [0.5, 0.6) is 5.75 Å². The van der Waals surface area contributed by atoms with Crippen LogP contribution in [0.4, 0.5) is 0 Å². The minimum atomic E-state index is 0.162. The number of hydrogen-bond donors (Lipinski definition) is 0. The van der Waals surface area contributed by atoms with E-state index < -0.39 is 0 Å². The summed E-state index contributed by atoms with van der Waals surface area (Å²) >= 11 is 11.6. The molecule has 0 saturated carbocycles. The molecule has 0 amide bonds. The summed E-state index contributed by atoms with van der Waals surface area (Å²) in [7, 11) is 0. The smallest absolute Gasteiger partial charge is 0.123 e. The Kier molecular flexibility index (Phi) is 2.66. The molecule has 1 atom stereocenters. The van der Waals surface area contributed by atoms with Crippen molar-refractivity contribution < 1.29 is 4.74 Å². The fraction of sp³-hybridized carbons (Fsp3) is 0.400. The van der Waals surface area contributed by atoms with Gasteiger partial charge in [0.25, 0.3) is 0 Å². The topological polar surface area (TPSA) is 9.23 Å². The Morgan fingerprint density at radius 1 is 1.46 bits per heavy atom. The van der Waals surface area contributed by atoms with Crippen molar-refractivity contribution in [3.05, 3.63) is 28.8 Å². The Bertz CT molecular complexity index is 312. The SMILES string of the molecule is ClCC1CCc2cc(Cl)ccc2O1. The van der Waals surface area contributed by atoms with Gasteiger partial charge in [-0.3, -0.25) is 0 Å². The second kappa shape index (κ2) is 3.77. The predicted octanol–water partition coefficient (Wildman–Crippen LogP) is 3.27. The van der Waals surface area contributed by atoms with E-state index in [0.29, 0.717) is 5.88 Å². The molecule has 0 aliphatic carbocycles. The van der Waals surface area contributed by atoms with Gasteiger partial charge in [0.05, 0.1) is 5.88 Å². The van der Waals surface area contributed by atoms with E-state index in [-0.39, 0.29) is 6.10 Å². The zero-order chi connectivity index (χ0) is 9.26. The second-order valence-electron chi connectivity index (χ2n) is 3.18. The third kappa shape index (κ3) is 1.92. The van der Waals surface area contributed by atoms with Gasteiger partial charge >= 0.3 is 0 Å². The van der Waals surface area contributed by atoms with Crippen molar-refractivity contribution in [3.63, 3.8) is 0 Å². The van der Waals surface area contributed by atoms with E-state index in [2.05, 4.69) is 0 Å². The molecule has 13 heavy (non-hydrogen) atoms. The second-order valence-corrected chi connectivity index (χ2v) is 3.93. The number of fused-ring (bicyclic) bond motifs is 1. The molecule has 0 aromatic heterocycles. The van der Waals surface area contributed by atoms with Crippen LogP contribution in [0.2, 0.25) is 5.02 Å². The minimum Gasteiger partial charge on any atom is -0.489 e. The van der Waals surface area contributed by atoms with Crippen molar-refractivity contribution >= 4 is 23.2 Å². The van der Waals surface area contributed by atoms with Crippen LogP contribution >= 0.6 is 23.2 Å². The normalized spacial score (nSPS) is 20.6. The average Bonchev–Trinajstić information content (AvgIpc) is 2.17. The van der Waals surface area contributed by atoms with E-state index in [1.165, 1.54) is 5.56 Å². The first-order valence-electron chi connectivity index (χ1n) is 4.30. The molecule has 1 aliphatic heterocycles. The van der Waals surface area contributed by atoms with E-state index in [1.807, 2.05) is 18.2 Å². The molecule has 0 bridgehead atoms. The maximum atomic E-state index is 5.87. The Morgan fingerprint density at radius 3 is 3.08 bits per heavy atom. The van der Waals surface area contributed by atoms with Crippen LogP contribution in [0, 0.1) is 0 Å². The van der Waals surface area contributed by atoms with Gasteiger partial charge in [-0.25, -0.2) is 0 Å². The molecule has 1 nitrogen and oxygen atoms in total. The third-order valence-electron chi connectivity index (χ3n) is 2.22. The standard InChI is InChI=1S/C10H10Cl2O/c11-6-9-3-1-7-5-8(12)2-4-10(7)13-9/h2,4-5,9H,1,3,6H2. The van der Waals surface area contributed by atoms with Crippen LogP contribution in [0.15, 0.2) is 18.2 Å². The largest absolute Gasteiger partial charge is 0.489 e. The summed E-state index contributed by atoms with van der Waals surface area (Å²) in [5, 5.41) is 0.770. The molecule has 1 aromatic rings. The zero-order valence-electron chi connectivity index (χ0n) is 7.09. The van der Waals surface area contributed by atoms with Crippen LogP contribution < -0.4 is 4.74 Å². The summed E-state index contributed by atoms with van der Waals surface area (Å²) in [4.78, 5) is 0. The van der Waals surface area contributed by atoms with E-state index in [4.69, 9.17) is 27.9 Å². The molecule has 0 fully saturated rings. The van der Waals surface area contributed by atoms with Crippen LogP contribution in [0.25, 0.3) is 0 Å². The highest BCUT2D eigenvalue weighted by Gasteiger charge is 2.18. The van der Waals surface area contributed by atoms with Crippen molar-refractivity contribution in [2.45, 2.75) is 18.9 Å². The summed E-state index contributed by atoms with van der Waals surface area (Å²) in [5.41, 5.74) is 1.19. The summed E-state index contributed by atoms with van der Waals surface area (Å²) in [6.45, 7) is 0. The Morgan fingerprint density at radius 2 is 2.31 bits per heavy atom. The number of hydrogen-bond acceptors (Lipinski definition) is 1. The number of ether oxygens (including phenoxy) is 1. The van der Waals surface area contributed by atoms with Gasteiger partial charge in [-0.05, 0) is 36.6 Å². The highest BCUT2D eigenvalue weighted by Crippen LogP contribution is 2.30. The lowest BCUT2D eigenvalue weighted by Crippen LogP contribution is -2.23. The molecule has 2 rings (SSSR count). The molecule has 1 aromatic carbocycles. The predicted molar refractivity (Wildman–Crippen MR) is 54.9 cm³/mol. The van der Waals surface area contributed by atoms with Gasteiger partial charge in [-0.15, -0.1) is 11.6 Å². The lowest BCUT2D eigenvalue weighted by atomic mass is 10.0. The van der Waals surface area contributed by atoms with Crippen molar-refractivity contribution in [3.8, 4) is 5.75 Å². The molecule has 0 spiro atoms. The van der Waals surface area contributed by atoms with E-state index >= 15 is 0 Å². The number of alkyl halides is 1. The van der Waals surface area contributed by atoms with Gasteiger partial charge in [0, 0.05) is 5.02 Å². The third-order valence-corrected chi connectivity index (χ3v) is 2.80. The molecular formula is C10H10Cl2O. The van der Waals surface area contributed by atoms with Crippen molar-refractivity contribution in [1.29, 1.82) is 0 Å². The number of benzene rings is 1. The van der Waals surface area contributed by atoms with E-state index in [9.17, 15) is 0 Å². The van der Waals surface area contributed by atoms with Crippen molar-refractivity contribution in [2.75, 3.05) is 5.88 Å². The highest BCUT2D eigenvalue weighted by molar-refractivity contribution is 6.30. The van der Waals surface area contributed by atoms with E-state index in [0.717, 1.165) is 23.6 Å². The van der Waals surface area contributed by atoms with Gasteiger partial charge in [-0.2, -0.15) is 0 Å². The lowest BCUT2D eigenvalue weighted by Gasteiger charge is -2.24. The molecule has 0 radical (unpaired) electrons. The molecule has 70 valence electrons. The fourth-order valence-electron chi connectivity index (χ4n) is 1.52. The molecule has 3 heteroatoms. The summed E-state index contributed by atoms with van der Waals surface area (Å²) in [6, 6.07) is 5.72. The van der Waals surface area contributed by atoms with Gasteiger partial charge in [0.15, 0.2) is 0 Å². The lowest BCUT2D eigenvalue weighted by molar-refractivity contribution is 0.195. The quantitative estimate of drug-likeness (QED) is 0.656. The van der Waals surface area contributed by atoms with Gasteiger partial charge in [0.2, 0.25) is 0 Å². The summed E-state index contributed by atoms with van der Waals surface area (Å²) in [6.07, 6.45) is 2.15. The first kappa shape index (κ1) is 9.17. The zero-order valence-corrected chi connectivity index (χ0v) is 8.61. The maximum absolute atomic E-state index is 5.87. The van der Waals surface area contributed by atoms with Gasteiger partial charge in [-0.1, -0.05) is 11.6 Å². The fourth-order valence-corrected chi connectivity index (χ4v) is 1.93. The number of halogens is 2. The highest BCUT2D eigenvalue weighted by atomic mass is 35.5. The van der Waals surface area contributed by atoms with Crippen LogP contribution in [0.3, 0.4) is 0 Å². The minimum absolute atomic E-state index is 0.162. The molecular weight excluding hydrogens is 207 g/mol. The van der Waals surface area contributed by atoms with Gasteiger partial charge in [0.1, 0.15) is 11.9 Å². The first-order valence-corrected chi connectivity index (χ1v) is 5.22. The molecule has 0 N–H and O–H groups in total. The molecule has 1 heterocycles. The number of rotatable bonds is 1. The maximum Gasteiger partial charge on any atom is 0.123 e. The average molecular weight is 217 g/mol. The van der Waals surface area contributed by atoms with Crippen LogP contribution in [-0.4, -0.2) is 12.0 Å². The number of aryl methyl sites for hydroxylation is 1. The van der Waals surface area contributed by atoms with E-state index in [1.54, 1.807) is 0 Å². The van der Waals surface area contributed by atoms with Crippen molar-refractivity contribution in [1.82, 2.24) is 0 Å². The molecule has 0 saturated heterocycles. The van der Waals surface area contributed by atoms with Gasteiger partial charge < -0.3 is 4.74 Å².